The second-order valence-electron chi connectivity index (χ2n) is 6.71. The van der Waals surface area contributed by atoms with Crippen LogP contribution < -0.4 is 5.32 Å². The molecule has 0 aliphatic heterocycles. The second kappa shape index (κ2) is 8.97. The quantitative estimate of drug-likeness (QED) is 0.718. The standard InChI is InChI=1S/C17H36N2/c1-6-12-18-16(14(3)7-2)13-19(5)17-11-9-8-10-15(17)4/h14-18H,6-13H2,1-5H3. The van der Waals surface area contributed by atoms with Crippen LogP contribution in [0.25, 0.3) is 0 Å². The van der Waals surface area contributed by atoms with Crippen molar-refractivity contribution >= 4 is 0 Å². The lowest BCUT2D eigenvalue weighted by Crippen LogP contribution is -2.49. The van der Waals surface area contributed by atoms with Crippen LogP contribution in [0.1, 0.15) is 66.2 Å². The van der Waals surface area contributed by atoms with Gasteiger partial charge in [0.15, 0.2) is 0 Å². The van der Waals surface area contributed by atoms with Crippen LogP contribution in [0.4, 0.5) is 0 Å². The van der Waals surface area contributed by atoms with Gasteiger partial charge in [-0.25, -0.2) is 0 Å². The molecule has 0 radical (unpaired) electrons. The van der Waals surface area contributed by atoms with Crippen LogP contribution in [0.2, 0.25) is 0 Å². The third-order valence-corrected chi connectivity index (χ3v) is 5.10. The highest BCUT2D eigenvalue weighted by Gasteiger charge is 2.27. The summed E-state index contributed by atoms with van der Waals surface area (Å²) in [5.74, 6) is 1.65. The Labute approximate surface area is 121 Å². The molecule has 0 aromatic heterocycles. The molecule has 4 atom stereocenters. The molecule has 1 rings (SSSR count). The van der Waals surface area contributed by atoms with Crippen molar-refractivity contribution in [2.45, 2.75) is 78.3 Å². The highest BCUT2D eigenvalue weighted by molar-refractivity contribution is 4.83. The van der Waals surface area contributed by atoms with E-state index in [9.17, 15) is 0 Å². The van der Waals surface area contributed by atoms with Crippen LogP contribution in [-0.2, 0) is 0 Å². The summed E-state index contributed by atoms with van der Waals surface area (Å²) in [5, 5.41) is 3.76. The van der Waals surface area contributed by atoms with Crippen molar-refractivity contribution in [2.75, 3.05) is 20.1 Å². The molecule has 114 valence electrons. The summed E-state index contributed by atoms with van der Waals surface area (Å²) in [6.07, 6.45) is 8.19. The monoisotopic (exact) mass is 268 g/mol. The highest BCUT2D eigenvalue weighted by atomic mass is 15.2. The molecule has 1 aliphatic carbocycles. The summed E-state index contributed by atoms with van der Waals surface area (Å²) in [4.78, 5) is 2.64. The smallest absolute Gasteiger partial charge is 0.0220 e. The van der Waals surface area contributed by atoms with E-state index < -0.39 is 0 Å². The molecule has 0 spiro atoms. The molecular weight excluding hydrogens is 232 g/mol. The van der Waals surface area contributed by atoms with Crippen molar-refractivity contribution in [2.24, 2.45) is 11.8 Å². The van der Waals surface area contributed by atoms with Crippen molar-refractivity contribution in [3.8, 4) is 0 Å². The van der Waals surface area contributed by atoms with Crippen LogP contribution >= 0.6 is 0 Å². The van der Waals surface area contributed by atoms with Gasteiger partial charge in [-0.1, -0.05) is 47.0 Å². The van der Waals surface area contributed by atoms with Gasteiger partial charge in [0.25, 0.3) is 0 Å². The average molecular weight is 268 g/mol. The Hall–Kier alpha value is -0.0800. The molecule has 0 aromatic rings. The van der Waals surface area contributed by atoms with E-state index in [2.05, 4.69) is 45.0 Å². The molecule has 1 fully saturated rings. The average Bonchev–Trinajstić information content (AvgIpc) is 2.42. The lowest BCUT2D eigenvalue weighted by molar-refractivity contribution is 0.117. The van der Waals surface area contributed by atoms with E-state index in [1.54, 1.807) is 0 Å². The number of nitrogens with zero attached hydrogens (tertiary/aromatic N) is 1. The predicted octanol–water partition coefficient (Wildman–Crippen LogP) is 3.91. The van der Waals surface area contributed by atoms with Crippen LogP contribution in [0.5, 0.6) is 0 Å². The lowest BCUT2D eigenvalue weighted by atomic mass is 9.84. The third-order valence-electron chi connectivity index (χ3n) is 5.10. The first-order chi connectivity index (χ1) is 9.10. The van der Waals surface area contributed by atoms with Gasteiger partial charge in [0.05, 0.1) is 0 Å². The summed E-state index contributed by atoms with van der Waals surface area (Å²) in [5.41, 5.74) is 0. The molecule has 4 unspecified atom stereocenters. The van der Waals surface area contributed by atoms with E-state index in [-0.39, 0.29) is 0 Å². The number of rotatable bonds is 8. The molecule has 19 heavy (non-hydrogen) atoms. The minimum atomic E-state index is 0.657. The zero-order valence-electron chi connectivity index (χ0n) is 13.9. The molecule has 1 N–H and O–H groups in total. The van der Waals surface area contributed by atoms with Crippen molar-refractivity contribution in [1.82, 2.24) is 10.2 Å². The maximum absolute atomic E-state index is 3.76. The zero-order valence-corrected chi connectivity index (χ0v) is 13.9. The van der Waals surface area contributed by atoms with Gasteiger partial charge in [-0.3, -0.25) is 0 Å². The molecule has 0 saturated heterocycles. The van der Waals surface area contributed by atoms with Crippen LogP contribution in [0, 0.1) is 11.8 Å². The molecule has 2 nitrogen and oxygen atoms in total. The number of likely N-dealkylation sites (N-methyl/N-ethyl adjacent to an activating group) is 1. The normalized spacial score (nSPS) is 27.5. The lowest BCUT2D eigenvalue weighted by Gasteiger charge is -2.39. The fourth-order valence-corrected chi connectivity index (χ4v) is 3.46. The van der Waals surface area contributed by atoms with Crippen molar-refractivity contribution in [3.05, 3.63) is 0 Å². The van der Waals surface area contributed by atoms with E-state index in [0.29, 0.717) is 6.04 Å². The van der Waals surface area contributed by atoms with Gasteiger partial charge in [0.1, 0.15) is 0 Å². The third kappa shape index (κ3) is 5.43. The SMILES string of the molecule is CCCNC(CN(C)C1CCCCC1C)C(C)CC. The van der Waals surface area contributed by atoms with Crippen LogP contribution in [0.15, 0.2) is 0 Å². The molecule has 2 heteroatoms. The molecule has 0 aromatic carbocycles. The Balaban J connectivity index is 2.50. The largest absolute Gasteiger partial charge is 0.312 e. The fraction of sp³-hybridized carbons (Fsp3) is 1.00. The highest BCUT2D eigenvalue weighted by Crippen LogP contribution is 2.27. The van der Waals surface area contributed by atoms with Gasteiger partial charge >= 0.3 is 0 Å². The molecule has 0 bridgehead atoms. The first-order valence-corrected chi connectivity index (χ1v) is 8.53. The van der Waals surface area contributed by atoms with Gasteiger partial charge in [-0.05, 0) is 44.7 Å². The van der Waals surface area contributed by atoms with E-state index in [1.165, 1.54) is 45.1 Å². The summed E-state index contributed by atoms with van der Waals surface area (Å²) >= 11 is 0. The fourth-order valence-electron chi connectivity index (χ4n) is 3.46. The Kier molecular flexibility index (Phi) is 8.01. The van der Waals surface area contributed by atoms with E-state index in [0.717, 1.165) is 24.4 Å². The first kappa shape index (κ1) is 17.0. The van der Waals surface area contributed by atoms with Crippen molar-refractivity contribution in [1.29, 1.82) is 0 Å². The molecule has 1 aliphatic rings. The van der Waals surface area contributed by atoms with E-state index in [1.807, 2.05) is 0 Å². The van der Waals surface area contributed by atoms with Crippen molar-refractivity contribution < 1.29 is 0 Å². The Morgan fingerprint density at radius 1 is 1.21 bits per heavy atom. The molecule has 0 amide bonds. The maximum Gasteiger partial charge on any atom is 0.0220 e. The van der Waals surface area contributed by atoms with Crippen LogP contribution in [0.3, 0.4) is 0 Å². The van der Waals surface area contributed by atoms with Gasteiger partial charge in [0.2, 0.25) is 0 Å². The second-order valence-corrected chi connectivity index (χ2v) is 6.71. The minimum Gasteiger partial charge on any atom is -0.312 e. The van der Waals surface area contributed by atoms with Crippen LogP contribution in [-0.4, -0.2) is 37.1 Å². The molecular formula is C17H36N2. The number of hydrogen-bond donors (Lipinski definition) is 1. The topological polar surface area (TPSA) is 15.3 Å². The molecule has 0 heterocycles. The number of hydrogen-bond acceptors (Lipinski definition) is 2. The maximum atomic E-state index is 3.76. The van der Waals surface area contributed by atoms with E-state index >= 15 is 0 Å². The summed E-state index contributed by atoms with van der Waals surface area (Å²) < 4.78 is 0. The van der Waals surface area contributed by atoms with E-state index in [4.69, 9.17) is 0 Å². The number of nitrogens with one attached hydrogen (secondary N) is 1. The Morgan fingerprint density at radius 2 is 1.89 bits per heavy atom. The summed E-state index contributed by atoms with van der Waals surface area (Å²) in [6, 6.07) is 1.47. The Bertz CT molecular complexity index is 229. The summed E-state index contributed by atoms with van der Waals surface area (Å²) in [6.45, 7) is 11.8. The van der Waals surface area contributed by atoms with Gasteiger partial charge in [-0.15, -0.1) is 0 Å². The van der Waals surface area contributed by atoms with Crippen molar-refractivity contribution in [3.63, 3.8) is 0 Å². The Morgan fingerprint density at radius 3 is 2.47 bits per heavy atom. The molecule has 1 saturated carbocycles. The van der Waals surface area contributed by atoms with Gasteiger partial charge < -0.3 is 10.2 Å². The zero-order chi connectivity index (χ0) is 14.3. The van der Waals surface area contributed by atoms with Gasteiger partial charge in [0, 0.05) is 18.6 Å². The first-order valence-electron chi connectivity index (χ1n) is 8.53. The predicted molar refractivity (Wildman–Crippen MR) is 85.6 cm³/mol. The van der Waals surface area contributed by atoms with Gasteiger partial charge in [-0.2, -0.15) is 0 Å². The summed E-state index contributed by atoms with van der Waals surface area (Å²) in [7, 11) is 2.34. The minimum absolute atomic E-state index is 0.657.